The maximum Gasteiger partial charge on any atom is 0.143 e. The van der Waals surface area contributed by atoms with E-state index in [2.05, 4.69) is 176 Å². The summed E-state index contributed by atoms with van der Waals surface area (Å²) < 4.78 is 6.61. The summed E-state index contributed by atoms with van der Waals surface area (Å²) in [6, 6.07) is 65.6. The molecule has 49 heavy (non-hydrogen) atoms. The molecule has 0 radical (unpaired) electrons. The molecule has 9 aromatic carbocycles. The van der Waals surface area contributed by atoms with Gasteiger partial charge in [0.15, 0.2) is 0 Å². The van der Waals surface area contributed by atoms with Gasteiger partial charge in [-0.05, 0) is 83.4 Å². The molecule has 10 aromatic rings. The summed E-state index contributed by atoms with van der Waals surface area (Å²) in [5, 5.41) is 8.89. The second-order valence-electron chi connectivity index (χ2n) is 12.8. The van der Waals surface area contributed by atoms with Gasteiger partial charge in [0, 0.05) is 16.5 Å². The monoisotopic (exact) mass is 622 g/mol. The number of furan rings is 1. The van der Waals surface area contributed by atoms with Crippen LogP contribution in [0.4, 0.5) is 0 Å². The smallest absolute Gasteiger partial charge is 0.143 e. The lowest BCUT2D eigenvalue weighted by Gasteiger charge is -2.16. The average molecular weight is 623 g/mol. The molecular weight excluding hydrogens is 593 g/mol. The molecule has 1 heterocycles. The third kappa shape index (κ3) is 4.47. The SMILES string of the molecule is c1ccc(-c2ccc3oc(-c4ccccc4)c(-c4ccc(-c5ccc6ccc7c(-c8ccccc8)ccc8ccc5c6c87)cc4)c3c2)cc1. The third-order valence-electron chi connectivity index (χ3n) is 10.1. The molecule has 1 nitrogen and oxygen atoms in total. The number of rotatable bonds is 5. The van der Waals surface area contributed by atoms with Crippen LogP contribution in [0.5, 0.6) is 0 Å². The quantitative estimate of drug-likeness (QED) is 0.174. The minimum Gasteiger partial charge on any atom is -0.455 e. The molecule has 0 amide bonds. The largest absolute Gasteiger partial charge is 0.455 e. The lowest BCUT2D eigenvalue weighted by atomic mass is 9.87. The highest BCUT2D eigenvalue weighted by molar-refractivity contribution is 6.27. The second kappa shape index (κ2) is 11.1. The molecular formula is C48H30O. The van der Waals surface area contributed by atoms with E-state index in [0.717, 1.165) is 33.4 Å². The van der Waals surface area contributed by atoms with Crippen LogP contribution in [0.25, 0.3) is 99.1 Å². The van der Waals surface area contributed by atoms with Crippen molar-refractivity contribution in [2.24, 2.45) is 0 Å². The lowest BCUT2D eigenvalue weighted by molar-refractivity contribution is 0.632. The molecule has 0 atom stereocenters. The first-order chi connectivity index (χ1) is 24.3. The van der Waals surface area contributed by atoms with Crippen molar-refractivity contribution in [1.82, 2.24) is 0 Å². The average Bonchev–Trinajstić information content (AvgIpc) is 3.57. The molecule has 0 fully saturated rings. The third-order valence-corrected chi connectivity index (χ3v) is 10.1. The molecule has 1 heteroatoms. The number of benzene rings is 9. The zero-order chi connectivity index (χ0) is 32.3. The summed E-state index contributed by atoms with van der Waals surface area (Å²) >= 11 is 0. The van der Waals surface area contributed by atoms with Gasteiger partial charge in [0.2, 0.25) is 0 Å². The van der Waals surface area contributed by atoms with Crippen molar-refractivity contribution in [1.29, 1.82) is 0 Å². The Morgan fingerprint density at radius 1 is 0.306 bits per heavy atom. The van der Waals surface area contributed by atoms with Crippen LogP contribution in [0.2, 0.25) is 0 Å². The molecule has 0 aliphatic heterocycles. The lowest BCUT2D eigenvalue weighted by Crippen LogP contribution is -1.89. The normalized spacial score (nSPS) is 11.7. The van der Waals surface area contributed by atoms with Gasteiger partial charge in [-0.25, -0.2) is 0 Å². The Balaban J connectivity index is 1.14. The number of fused-ring (bicyclic) bond motifs is 1. The minimum atomic E-state index is 0.888. The Hall–Kier alpha value is -6.44. The highest BCUT2D eigenvalue weighted by atomic mass is 16.3. The van der Waals surface area contributed by atoms with Crippen molar-refractivity contribution in [3.8, 4) is 55.8 Å². The van der Waals surface area contributed by atoms with Gasteiger partial charge in [-0.3, -0.25) is 0 Å². The van der Waals surface area contributed by atoms with Crippen molar-refractivity contribution in [3.05, 3.63) is 182 Å². The van der Waals surface area contributed by atoms with E-state index >= 15 is 0 Å². The summed E-state index contributed by atoms with van der Waals surface area (Å²) in [5.41, 5.74) is 11.5. The van der Waals surface area contributed by atoms with Gasteiger partial charge < -0.3 is 4.42 Å². The first-order valence-corrected chi connectivity index (χ1v) is 16.8. The molecule has 0 saturated carbocycles. The van der Waals surface area contributed by atoms with E-state index in [1.165, 1.54) is 65.7 Å². The summed E-state index contributed by atoms with van der Waals surface area (Å²) in [7, 11) is 0. The van der Waals surface area contributed by atoms with Crippen molar-refractivity contribution < 1.29 is 4.42 Å². The Labute approximate surface area is 284 Å². The van der Waals surface area contributed by atoms with Crippen LogP contribution in [0.15, 0.2) is 186 Å². The van der Waals surface area contributed by atoms with Crippen molar-refractivity contribution in [2.75, 3.05) is 0 Å². The van der Waals surface area contributed by atoms with Crippen LogP contribution in [0.1, 0.15) is 0 Å². The fraction of sp³-hybridized carbons (Fsp3) is 0. The van der Waals surface area contributed by atoms with Gasteiger partial charge in [-0.15, -0.1) is 0 Å². The van der Waals surface area contributed by atoms with Gasteiger partial charge in [0.05, 0.1) is 0 Å². The number of hydrogen-bond acceptors (Lipinski definition) is 1. The molecule has 0 N–H and O–H groups in total. The maximum absolute atomic E-state index is 6.61. The molecule has 1 aromatic heterocycles. The molecule has 10 rings (SSSR count). The molecule has 228 valence electrons. The zero-order valence-corrected chi connectivity index (χ0v) is 26.7. The molecule has 0 bridgehead atoms. The van der Waals surface area contributed by atoms with E-state index < -0.39 is 0 Å². The van der Waals surface area contributed by atoms with E-state index in [1.54, 1.807) is 0 Å². The fourth-order valence-corrected chi connectivity index (χ4v) is 7.73. The van der Waals surface area contributed by atoms with Gasteiger partial charge in [-0.2, -0.15) is 0 Å². The van der Waals surface area contributed by atoms with Crippen molar-refractivity contribution in [3.63, 3.8) is 0 Å². The predicted molar refractivity (Wildman–Crippen MR) is 207 cm³/mol. The van der Waals surface area contributed by atoms with Crippen LogP contribution in [0.3, 0.4) is 0 Å². The van der Waals surface area contributed by atoms with Crippen LogP contribution in [0, 0.1) is 0 Å². The van der Waals surface area contributed by atoms with Crippen LogP contribution >= 0.6 is 0 Å². The first-order valence-electron chi connectivity index (χ1n) is 16.8. The van der Waals surface area contributed by atoms with Gasteiger partial charge in [-0.1, -0.05) is 170 Å². The van der Waals surface area contributed by atoms with Crippen molar-refractivity contribution >= 4 is 43.3 Å². The van der Waals surface area contributed by atoms with Gasteiger partial charge >= 0.3 is 0 Å². The topological polar surface area (TPSA) is 13.1 Å². The van der Waals surface area contributed by atoms with Gasteiger partial charge in [0.1, 0.15) is 11.3 Å². The summed E-state index contributed by atoms with van der Waals surface area (Å²) in [6.45, 7) is 0. The molecule has 0 unspecified atom stereocenters. The van der Waals surface area contributed by atoms with Crippen LogP contribution in [-0.4, -0.2) is 0 Å². The highest BCUT2D eigenvalue weighted by Crippen LogP contribution is 2.45. The molecule has 0 saturated heterocycles. The minimum absolute atomic E-state index is 0.888. The Morgan fingerprint density at radius 2 is 0.776 bits per heavy atom. The van der Waals surface area contributed by atoms with Crippen molar-refractivity contribution in [2.45, 2.75) is 0 Å². The molecule has 0 aliphatic rings. The van der Waals surface area contributed by atoms with E-state index in [-0.39, 0.29) is 0 Å². The summed E-state index contributed by atoms with van der Waals surface area (Å²) in [6.07, 6.45) is 0. The maximum atomic E-state index is 6.61. The van der Waals surface area contributed by atoms with Gasteiger partial charge in [0.25, 0.3) is 0 Å². The Bertz CT molecular complexity index is 2770. The summed E-state index contributed by atoms with van der Waals surface area (Å²) in [4.78, 5) is 0. The zero-order valence-electron chi connectivity index (χ0n) is 26.7. The Morgan fingerprint density at radius 3 is 1.37 bits per heavy atom. The van der Waals surface area contributed by atoms with E-state index in [9.17, 15) is 0 Å². The Kier molecular flexibility index (Phi) is 6.25. The molecule has 0 spiro atoms. The van der Waals surface area contributed by atoms with E-state index in [0.29, 0.717) is 0 Å². The standard InChI is InChI=1S/C48H30O/c1-4-10-31(11-5-1)38-24-29-44-43(30-38)47(48(49-44)37-14-8-3-9-15-37)36-18-16-33(17-19-36)40-26-21-35-22-27-41-39(32-12-6-2-7-13-32)25-20-34-23-28-42(40)46(35)45(34)41/h1-30H. The summed E-state index contributed by atoms with van der Waals surface area (Å²) in [5.74, 6) is 0.894. The van der Waals surface area contributed by atoms with E-state index in [4.69, 9.17) is 4.42 Å². The van der Waals surface area contributed by atoms with E-state index in [1.807, 2.05) is 6.07 Å². The number of hydrogen-bond donors (Lipinski definition) is 0. The fourth-order valence-electron chi connectivity index (χ4n) is 7.73. The highest BCUT2D eigenvalue weighted by Gasteiger charge is 2.20. The van der Waals surface area contributed by atoms with Crippen LogP contribution < -0.4 is 0 Å². The predicted octanol–water partition coefficient (Wildman–Crippen LogP) is 13.7. The van der Waals surface area contributed by atoms with Crippen LogP contribution in [-0.2, 0) is 0 Å². The first kappa shape index (κ1) is 27.7. The molecule has 0 aliphatic carbocycles. The second-order valence-corrected chi connectivity index (χ2v) is 12.8.